The summed E-state index contributed by atoms with van der Waals surface area (Å²) in [6, 6.07) is 25.3. The fourth-order valence-corrected chi connectivity index (χ4v) is 5.54. The smallest absolute Gasteiger partial charge is 0.241 e. The van der Waals surface area contributed by atoms with E-state index in [-0.39, 0.29) is 10.8 Å². The lowest BCUT2D eigenvalue weighted by molar-refractivity contribution is -0.134. The maximum Gasteiger partial charge on any atom is 0.241 e. The second kappa shape index (κ2) is 11.3. The first-order valence-corrected chi connectivity index (χ1v) is 13.6. The molecular formula is C26H28BrN3O3S. The molecule has 1 N–H and O–H groups in total. The van der Waals surface area contributed by atoms with Crippen LogP contribution in [-0.2, 0) is 27.8 Å². The lowest BCUT2D eigenvalue weighted by Gasteiger charge is -2.36. The van der Waals surface area contributed by atoms with E-state index in [0.717, 1.165) is 29.7 Å². The normalized spacial score (nSPS) is 15.7. The molecule has 0 saturated carbocycles. The Morgan fingerprint density at radius 2 is 1.38 bits per heavy atom. The summed E-state index contributed by atoms with van der Waals surface area (Å²) >= 11 is 3.33. The number of nitrogens with one attached hydrogen (secondary N) is 1. The number of sulfonamides is 1. The lowest BCUT2D eigenvalue weighted by atomic mass is 10.1. The third-order valence-electron chi connectivity index (χ3n) is 5.94. The molecule has 0 radical (unpaired) electrons. The molecule has 0 unspecified atom stereocenters. The minimum absolute atomic E-state index is 0.134. The van der Waals surface area contributed by atoms with E-state index in [0.29, 0.717) is 19.5 Å². The van der Waals surface area contributed by atoms with Gasteiger partial charge in [-0.15, -0.1) is 0 Å². The summed E-state index contributed by atoms with van der Waals surface area (Å²) in [6.07, 6.45) is 0.291. The molecule has 1 amide bonds. The molecule has 1 aliphatic heterocycles. The highest BCUT2D eigenvalue weighted by Gasteiger charge is 2.31. The zero-order valence-electron chi connectivity index (χ0n) is 18.8. The largest absolute Gasteiger partial charge is 0.339 e. The number of hydrogen-bond acceptors (Lipinski definition) is 4. The Balaban J connectivity index is 1.46. The summed E-state index contributed by atoms with van der Waals surface area (Å²) in [6.45, 7) is 3.47. The molecule has 1 fully saturated rings. The zero-order chi connectivity index (χ0) is 24.0. The monoisotopic (exact) mass is 541 g/mol. The zero-order valence-corrected chi connectivity index (χ0v) is 21.2. The number of carbonyl (C=O) groups excluding carboxylic acids is 1. The van der Waals surface area contributed by atoms with Crippen molar-refractivity contribution in [2.75, 3.05) is 26.2 Å². The highest BCUT2D eigenvalue weighted by Crippen LogP contribution is 2.17. The van der Waals surface area contributed by atoms with Crippen molar-refractivity contribution < 1.29 is 13.2 Å². The summed E-state index contributed by atoms with van der Waals surface area (Å²) in [5.74, 6) is -0.191. The number of hydrogen-bond donors (Lipinski definition) is 1. The van der Waals surface area contributed by atoms with Crippen molar-refractivity contribution in [1.82, 2.24) is 14.5 Å². The standard InChI is InChI=1S/C26H28BrN3O3S/c27-23-11-13-24(14-12-23)34(32,33)28-25(19-21-7-3-1-4-8-21)26(31)30-17-15-29(16-18-30)20-22-9-5-2-6-10-22/h1-14,25,28H,15-20H2/t25-/m1/s1. The molecule has 1 atom stereocenters. The fraction of sp³-hybridized carbons (Fsp3) is 0.269. The van der Waals surface area contributed by atoms with Crippen LogP contribution in [0, 0.1) is 0 Å². The molecule has 0 aromatic heterocycles. The van der Waals surface area contributed by atoms with Crippen LogP contribution in [0.2, 0.25) is 0 Å². The van der Waals surface area contributed by atoms with Crippen molar-refractivity contribution in [1.29, 1.82) is 0 Å². The summed E-state index contributed by atoms with van der Waals surface area (Å²) in [5.41, 5.74) is 2.15. The number of carbonyl (C=O) groups is 1. The molecule has 1 aliphatic rings. The predicted octanol–water partition coefficient (Wildman–Crippen LogP) is 3.68. The second-order valence-electron chi connectivity index (χ2n) is 8.40. The number of nitrogens with zero attached hydrogens (tertiary/aromatic N) is 2. The van der Waals surface area contributed by atoms with Gasteiger partial charge in [0, 0.05) is 37.2 Å². The van der Waals surface area contributed by atoms with Crippen molar-refractivity contribution in [3.8, 4) is 0 Å². The molecular weight excluding hydrogens is 514 g/mol. The number of benzene rings is 3. The predicted molar refractivity (Wildman–Crippen MR) is 137 cm³/mol. The summed E-state index contributed by atoms with van der Waals surface area (Å²) in [7, 11) is -3.86. The highest BCUT2D eigenvalue weighted by atomic mass is 79.9. The van der Waals surface area contributed by atoms with Crippen LogP contribution >= 0.6 is 15.9 Å². The quantitative estimate of drug-likeness (QED) is 0.472. The van der Waals surface area contributed by atoms with Gasteiger partial charge < -0.3 is 4.90 Å². The van der Waals surface area contributed by atoms with Crippen molar-refractivity contribution in [2.24, 2.45) is 0 Å². The molecule has 0 aliphatic carbocycles. The highest BCUT2D eigenvalue weighted by molar-refractivity contribution is 9.10. The molecule has 3 aromatic rings. The Bertz CT molecular complexity index is 1180. The average Bonchev–Trinajstić information content (AvgIpc) is 2.85. The summed E-state index contributed by atoms with van der Waals surface area (Å²) < 4.78 is 29.6. The van der Waals surface area contributed by atoms with Gasteiger partial charge in [-0.05, 0) is 41.8 Å². The van der Waals surface area contributed by atoms with E-state index in [2.05, 4.69) is 37.7 Å². The van der Waals surface area contributed by atoms with E-state index in [4.69, 9.17) is 0 Å². The third kappa shape index (κ3) is 6.54. The molecule has 0 spiro atoms. The first-order chi connectivity index (χ1) is 16.4. The summed E-state index contributed by atoms with van der Waals surface area (Å²) in [5, 5.41) is 0. The minimum atomic E-state index is -3.86. The molecule has 8 heteroatoms. The van der Waals surface area contributed by atoms with Gasteiger partial charge in [-0.3, -0.25) is 9.69 Å². The van der Waals surface area contributed by atoms with E-state index in [1.165, 1.54) is 17.7 Å². The van der Waals surface area contributed by atoms with E-state index in [1.54, 1.807) is 17.0 Å². The van der Waals surface area contributed by atoms with Gasteiger partial charge in [0.1, 0.15) is 6.04 Å². The second-order valence-corrected chi connectivity index (χ2v) is 11.0. The Kier molecular flexibility index (Phi) is 8.15. The van der Waals surface area contributed by atoms with Crippen LogP contribution in [0.25, 0.3) is 0 Å². The Morgan fingerprint density at radius 1 is 0.824 bits per heavy atom. The number of halogens is 1. The molecule has 1 heterocycles. The van der Waals surface area contributed by atoms with E-state index >= 15 is 0 Å². The average molecular weight is 542 g/mol. The van der Waals surface area contributed by atoms with Crippen molar-refractivity contribution in [2.45, 2.75) is 23.9 Å². The van der Waals surface area contributed by atoms with Crippen molar-refractivity contribution in [3.05, 3.63) is 101 Å². The van der Waals surface area contributed by atoms with Crippen LogP contribution in [0.15, 0.2) is 94.3 Å². The molecule has 1 saturated heterocycles. The van der Waals surface area contributed by atoms with Crippen LogP contribution < -0.4 is 4.72 Å². The van der Waals surface area contributed by atoms with Gasteiger partial charge in [-0.25, -0.2) is 8.42 Å². The molecule has 4 rings (SSSR count). The van der Waals surface area contributed by atoms with Gasteiger partial charge in [0.2, 0.25) is 15.9 Å². The van der Waals surface area contributed by atoms with E-state index in [1.807, 2.05) is 48.5 Å². The molecule has 6 nitrogen and oxygen atoms in total. The molecule has 34 heavy (non-hydrogen) atoms. The molecule has 0 bridgehead atoms. The van der Waals surface area contributed by atoms with Gasteiger partial charge >= 0.3 is 0 Å². The van der Waals surface area contributed by atoms with Crippen LogP contribution in [0.5, 0.6) is 0 Å². The van der Waals surface area contributed by atoms with Crippen LogP contribution in [0.1, 0.15) is 11.1 Å². The topological polar surface area (TPSA) is 69.7 Å². The van der Waals surface area contributed by atoms with Gasteiger partial charge in [0.15, 0.2) is 0 Å². The Morgan fingerprint density at radius 3 is 1.97 bits per heavy atom. The van der Waals surface area contributed by atoms with Crippen molar-refractivity contribution in [3.63, 3.8) is 0 Å². The lowest BCUT2D eigenvalue weighted by Crippen LogP contribution is -2.55. The van der Waals surface area contributed by atoms with Crippen LogP contribution in [0.3, 0.4) is 0 Å². The van der Waals surface area contributed by atoms with Gasteiger partial charge in [-0.1, -0.05) is 76.6 Å². The van der Waals surface area contributed by atoms with E-state index < -0.39 is 16.1 Å². The van der Waals surface area contributed by atoms with Gasteiger partial charge in [0.05, 0.1) is 4.90 Å². The maximum absolute atomic E-state index is 13.5. The summed E-state index contributed by atoms with van der Waals surface area (Å²) in [4.78, 5) is 17.7. The number of piperazine rings is 1. The Labute approximate surface area is 209 Å². The first-order valence-electron chi connectivity index (χ1n) is 11.3. The first kappa shape index (κ1) is 24.6. The van der Waals surface area contributed by atoms with Gasteiger partial charge in [0.25, 0.3) is 0 Å². The Hall–Kier alpha value is -2.52. The van der Waals surface area contributed by atoms with Gasteiger partial charge in [-0.2, -0.15) is 4.72 Å². The SMILES string of the molecule is O=C([C@@H](Cc1ccccc1)NS(=O)(=O)c1ccc(Br)cc1)N1CCN(Cc2ccccc2)CC1. The fourth-order valence-electron chi connectivity index (χ4n) is 4.09. The minimum Gasteiger partial charge on any atom is -0.339 e. The molecule has 178 valence electrons. The van der Waals surface area contributed by atoms with Crippen LogP contribution in [0.4, 0.5) is 0 Å². The number of amides is 1. The molecule has 3 aromatic carbocycles. The van der Waals surface area contributed by atoms with Crippen LogP contribution in [-0.4, -0.2) is 56.3 Å². The number of rotatable bonds is 8. The maximum atomic E-state index is 13.5. The van der Waals surface area contributed by atoms with E-state index in [9.17, 15) is 13.2 Å². The third-order valence-corrected chi connectivity index (χ3v) is 7.95. The van der Waals surface area contributed by atoms with Crippen molar-refractivity contribution >= 4 is 31.9 Å².